The van der Waals surface area contributed by atoms with Gasteiger partial charge in [0.2, 0.25) is 0 Å². The van der Waals surface area contributed by atoms with Gasteiger partial charge in [0.15, 0.2) is 5.82 Å². The minimum atomic E-state index is 0.526. The number of nitrogens with two attached hydrogens (primary N) is 1. The minimum absolute atomic E-state index is 0.526. The second-order valence-corrected chi connectivity index (χ2v) is 4.19. The predicted molar refractivity (Wildman–Crippen MR) is 68.3 cm³/mol. The van der Waals surface area contributed by atoms with Gasteiger partial charge in [-0.1, -0.05) is 0 Å². The van der Waals surface area contributed by atoms with E-state index in [1.54, 1.807) is 0 Å². The van der Waals surface area contributed by atoms with Crippen molar-refractivity contribution in [3.8, 4) is 0 Å². The first-order valence-electron chi connectivity index (χ1n) is 4.97. The first-order valence-corrected chi connectivity index (χ1v) is 5.76. The van der Waals surface area contributed by atoms with Crippen molar-refractivity contribution in [3.63, 3.8) is 0 Å². The topological polar surface area (TPSA) is 89.0 Å². The summed E-state index contributed by atoms with van der Waals surface area (Å²) in [4.78, 5) is 8.06. The molecule has 0 unspecified atom stereocenters. The van der Waals surface area contributed by atoms with Gasteiger partial charge in [0.1, 0.15) is 28.1 Å². The van der Waals surface area contributed by atoms with Crippen molar-refractivity contribution in [2.75, 3.05) is 10.7 Å². The van der Waals surface area contributed by atoms with Gasteiger partial charge in [-0.3, -0.25) is 0 Å². The fraction of sp³-hybridized carbons (Fsp3) is 0.200. The smallest absolute Gasteiger partial charge is 0.159 e. The summed E-state index contributed by atoms with van der Waals surface area (Å²) >= 11 is 3.36. The normalized spacial score (nSPS) is 10.3. The Hall–Kier alpha value is -1.60. The number of rotatable bonds is 4. The van der Waals surface area contributed by atoms with Crippen LogP contribution in [0, 0.1) is 6.92 Å². The lowest BCUT2D eigenvalue weighted by Gasteiger charge is -2.08. The van der Waals surface area contributed by atoms with Gasteiger partial charge in [0, 0.05) is 0 Å². The highest BCUT2D eigenvalue weighted by molar-refractivity contribution is 9.10. The molecule has 0 aliphatic heterocycles. The van der Waals surface area contributed by atoms with Gasteiger partial charge >= 0.3 is 0 Å². The maximum atomic E-state index is 5.44. The lowest BCUT2D eigenvalue weighted by atomic mass is 10.4. The molecule has 0 saturated heterocycles. The summed E-state index contributed by atoms with van der Waals surface area (Å²) in [5, 5.41) is 3.13. The number of hydrogen-bond acceptors (Lipinski definition) is 6. The molecule has 0 radical (unpaired) electrons. The number of aromatic nitrogens is 2. The van der Waals surface area contributed by atoms with Crippen molar-refractivity contribution in [1.29, 1.82) is 0 Å². The van der Waals surface area contributed by atoms with Crippen LogP contribution in [0.1, 0.15) is 11.5 Å². The van der Waals surface area contributed by atoms with Crippen molar-refractivity contribution in [2.45, 2.75) is 13.5 Å². The van der Waals surface area contributed by atoms with Crippen LogP contribution in [-0.2, 0) is 6.54 Å². The summed E-state index contributed by atoms with van der Waals surface area (Å²) in [6, 6.07) is 3.83. The van der Waals surface area contributed by atoms with Gasteiger partial charge in [-0.25, -0.2) is 15.8 Å². The molecular formula is C10H12BrN5O. The van der Waals surface area contributed by atoms with E-state index in [9.17, 15) is 0 Å². The molecule has 4 N–H and O–H groups in total. The highest BCUT2D eigenvalue weighted by Gasteiger charge is 2.07. The van der Waals surface area contributed by atoms with E-state index >= 15 is 0 Å². The van der Waals surface area contributed by atoms with E-state index in [1.807, 2.05) is 19.1 Å². The molecule has 0 fully saturated rings. The van der Waals surface area contributed by atoms with E-state index in [0.29, 0.717) is 22.7 Å². The van der Waals surface area contributed by atoms with Gasteiger partial charge in [-0.2, -0.15) is 0 Å². The van der Waals surface area contributed by atoms with E-state index in [0.717, 1.165) is 11.5 Å². The molecule has 2 aromatic heterocycles. The molecule has 0 aliphatic carbocycles. The van der Waals surface area contributed by atoms with E-state index < -0.39 is 0 Å². The first-order chi connectivity index (χ1) is 8.20. The molecule has 2 rings (SSSR count). The molecule has 0 spiro atoms. The van der Waals surface area contributed by atoms with Gasteiger partial charge in [-0.05, 0) is 35.0 Å². The Morgan fingerprint density at radius 2 is 2.12 bits per heavy atom. The van der Waals surface area contributed by atoms with Crippen molar-refractivity contribution in [1.82, 2.24) is 9.97 Å². The predicted octanol–water partition coefficient (Wildman–Crippen LogP) is 2.04. The number of nitrogens with one attached hydrogen (secondary N) is 2. The molecule has 90 valence electrons. The van der Waals surface area contributed by atoms with Gasteiger partial charge in [-0.15, -0.1) is 0 Å². The summed E-state index contributed by atoms with van der Waals surface area (Å²) < 4.78 is 6.13. The molecule has 2 aromatic rings. The maximum Gasteiger partial charge on any atom is 0.159 e. The van der Waals surface area contributed by atoms with Crippen LogP contribution >= 0.6 is 15.9 Å². The highest BCUT2D eigenvalue weighted by Crippen LogP contribution is 2.26. The number of halogens is 1. The molecule has 6 nitrogen and oxygen atoms in total. The lowest BCUT2D eigenvalue weighted by Crippen LogP contribution is -2.11. The quantitative estimate of drug-likeness (QED) is 0.591. The molecule has 0 aliphatic rings. The fourth-order valence-corrected chi connectivity index (χ4v) is 1.80. The average molecular weight is 298 g/mol. The third-order valence-electron chi connectivity index (χ3n) is 2.15. The number of aryl methyl sites for hydroxylation is 1. The van der Waals surface area contributed by atoms with Crippen LogP contribution in [0.5, 0.6) is 0 Å². The van der Waals surface area contributed by atoms with Crippen molar-refractivity contribution < 1.29 is 4.42 Å². The molecule has 0 atom stereocenters. The zero-order valence-electron chi connectivity index (χ0n) is 9.20. The Balaban J connectivity index is 2.09. The van der Waals surface area contributed by atoms with E-state index in [4.69, 9.17) is 10.3 Å². The summed E-state index contributed by atoms with van der Waals surface area (Å²) in [6.07, 6.45) is 1.43. The summed E-state index contributed by atoms with van der Waals surface area (Å²) in [7, 11) is 0. The Bertz CT molecular complexity index is 513. The van der Waals surface area contributed by atoms with E-state index in [2.05, 4.69) is 36.6 Å². The standard InChI is InChI=1S/C10H12BrN5O/c1-6-2-3-7(17-6)4-13-9-8(11)10(16-12)15-5-14-9/h2-3,5H,4,12H2,1H3,(H2,13,14,15,16). The number of anilines is 2. The van der Waals surface area contributed by atoms with Crippen LogP contribution in [0.4, 0.5) is 11.6 Å². The Morgan fingerprint density at radius 1 is 1.35 bits per heavy atom. The van der Waals surface area contributed by atoms with Crippen molar-refractivity contribution in [2.24, 2.45) is 5.84 Å². The zero-order chi connectivity index (χ0) is 12.3. The minimum Gasteiger partial charge on any atom is -0.465 e. The van der Waals surface area contributed by atoms with Gasteiger partial charge in [0.05, 0.1) is 6.54 Å². The van der Waals surface area contributed by atoms with Crippen LogP contribution in [0.3, 0.4) is 0 Å². The SMILES string of the molecule is Cc1ccc(CNc2ncnc(NN)c2Br)o1. The Labute approximate surface area is 107 Å². The average Bonchev–Trinajstić information content (AvgIpc) is 2.74. The second-order valence-electron chi connectivity index (χ2n) is 3.40. The van der Waals surface area contributed by atoms with Crippen LogP contribution < -0.4 is 16.6 Å². The fourth-order valence-electron chi connectivity index (χ4n) is 1.34. The highest BCUT2D eigenvalue weighted by atomic mass is 79.9. The van der Waals surface area contributed by atoms with E-state index in [-0.39, 0.29) is 0 Å². The summed E-state index contributed by atoms with van der Waals surface area (Å²) in [5.41, 5.74) is 2.48. The zero-order valence-corrected chi connectivity index (χ0v) is 10.8. The molecule has 0 amide bonds. The lowest BCUT2D eigenvalue weighted by molar-refractivity contribution is 0.490. The van der Waals surface area contributed by atoms with Crippen molar-refractivity contribution in [3.05, 3.63) is 34.5 Å². The molecule has 0 bridgehead atoms. The molecule has 0 aromatic carbocycles. The molecule has 17 heavy (non-hydrogen) atoms. The Morgan fingerprint density at radius 3 is 2.76 bits per heavy atom. The number of furan rings is 1. The number of nitrogen functional groups attached to an aromatic ring is 1. The number of nitrogens with zero attached hydrogens (tertiary/aromatic N) is 2. The molecule has 2 heterocycles. The van der Waals surface area contributed by atoms with Crippen LogP contribution in [0.15, 0.2) is 27.3 Å². The van der Waals surface area contributed by atoms with Crippen LogP contribution in [0.25, 0.3) is 0 Å². The third kappa shape index (κ3) is 2.75. The largest absolute Gasteiger partial charge is 0.465 e. The number of hydrazine groups is 1. The monoisotopic (exact) mass is 297 g/mol. The third-order valence-corrected chi connectivity index (χ3v) is 2.90. The molecular weight excluding hydrogens is 286 g/mol. The maximum absolute atomic E-state index is 5.44. The van der Waals surface area contributed by atoms with Crippen molar-refractivity contribution >= 4 is 27.6 Å². The summed E-state index contributed by atoms with van der Waals surface area (Å²) in [6.45, 7) is 2.45. The molecule has 7 heteroatoms. The van der Waals surface area contributed by atoms with Crippen LogP contribution in [-0.4, -0.2) is 9.97 Å². The molecule has 0 saturated carbocycles. The first kappa shape index (κ1) is 11.9. The second kappa shape index (κ2) is 5.15. The van der Waals surface area contributed by atoms with Gasteiger partial charge < -0.3 is 15.2 Å². The van der Waals surface area contributed by atoms with Gasteiger partial charge in [0.25, 0.3) is 0 Å². The Kier molecular flexibility index (Phi) is 3.60. The summed E-state index contributed by atoms with van der Waals surface area (Å²) in [5.74, 6) is 8.22. The number of hydrogen-bond donors (Lipinski definition) is 3. The van der Waals surface area contributed by atoms with E-state index in [1.165, 1.54) is 6.33 Å². The van der Waals surface area contributed by atoms with Crippen LogP contribution in [0.2, 0.25) is 0 Å².